The van der Waals surface area contributed by atoms with Gasteiger partial charge in [-0.3, -0.25) is 0 Å². The van der Waals surface area contributed by atoms with Gasteiger partial charge in [-0.1, -0.05) is 44.2 Å². The van der Waals surface area contributed by atoms with E-state index in [9.17, 15) is 9.59 Å². The van der Waals surface area contributed by atoms with Gasteiger partial charge in [-0.25, -0.2) is 19.6 Å². The number of amides is 2. The van der Waals surface area contributed by atoms with Crippen LogP contribution in [0.2, 0.25) is 0 Å². The first kappa shape index (κ1) is 26.6. The second kappa shape index (κ2) is 12.1. The fourth-order valence-corrected chi connectivity index (χ4v) is 3.72. The minimum absolute atomic E-state index is 0.00272. The predicted molar refractivity (Wildman–Crippen MR) is 137 cm³/mol. The van der Waals surface area contributed by atoms with Crippen LogP contribution in [0.15, 0.2) is 67.0 Å². The Morgan fingerprint density at radius 1 is 1.03 bits per heavy atom. The zero-order valence-corrected chi connectivity index (χ0v) is 21.0. The Morgan fingerprint density at radius 3 is 2.42 bits per heavy atom. The number of imide groups is 1. The number of ether oxygens (including phenoxy) is 3. The van der Waals surface area contributed by atoms with Crippen molar-refractivity contribution in [3.63, 3.8) is 0 Å². The highest BCUT2D eigenvalue weighted by molar-refractivity contribution is 6.08. The first-order chi connectivity index (χ1) is 17.2. The highest BCUT2D eigenvalue weighted by Gasteiger charge is 2.28. The van der Waals surface area contributed by atoms with E-state index < -0.39 is 17.7 Å². The number of nitrogens with zero attached hydrogens (tertiary/aromatic N) is 3. The fraction of sp³-hybridized carbons (Fsp3) is 0.333. The molecule has 0 fully saturated rings. The first-order valence-corrected chi connectivity index (χ1v) is 11.6. The summed E-state index contributed by atoms with van der Waals surface area (Å²) in [6.45, 7) is 6.53. The second-order valence-electron chi connectivity index (χ2n) is 9.17. The largest absolute Gasteiger partial charge is 0.476 e. The maximum Gasteiger partial charge on any atom is 0.425 e. The number of methoxy groups -OCH3 is 1. The highest BCUT2D eigenvalue weighted by atomic mass is 16.6. The van der Waals surface area contributed by atoms with E-state index >= 15 is 0 Å². The Labute approximate surface area is 211 Å². The minimum atomic E-state index is -0.911. The van der Waals surface area contributed by atoms with E-state index in [0.717, 1.165) is 22.4 Å². The lowest BCUT2D eigenvalue weighted by Gasteiger charge is -2.26. The third-order valence-corrected chi connectivity index (χ3v) is 5.21. The van der Waals surface area contributed by atoms with Gasteiger partial charge in [-0.2, -0.15) is 4.90 Å². The van der Waals surface area contributed by atoms with Crippen molar-refractivity contribution in [3.8, 4) is 17.0 Å². The monoisotopic (exact) mass is 492 g/mol. The normalized spacial score (nSPS) is 12.5. The number of nitrogens with two attached hydrogens (primary N) is 1. The third kappa shape index (κ3) is 7.51. The molecule has 0 radical (unpaired) electrons. The maximum atomic E-state index is 12.8. The quantitative estimate of drug-likeness (QED) is 0.433. The van der Waals surface area contributed by atoms with Gasteiger partial charge in [-0.05, 0) is 48.6 Å². The number of carbonyl (C=O) groups excluding carboxylic acids is 2. The summed E-state index contributed by atoms with van der Waals surface area (Å²) in [6, 6.07) is 16.0. The number of rotatable bonds is 9. The van der Waals surface area contributed by atoms with Gasteiger partial charge in [0.25, 0.3) is 0 Å². The molecule has 0 spiro atoms. The molecule has 1 unspecified atom stereocenters. The molecular formula is C27H32N4O5. The molecular weight excluding hydrogens is 460 g/mol. The molecule has 2 N–H and O–H groups in total. The molecule has 190 valence electrons. The summed E-state index contributed by atoms with van der Waals surface area (Å²) >= 11 is 0. The smallest absolute Gasteiger partial charge is 0.425 e. The number of hydrogen-bond acceptors (Lipinski definition) is 8. The Balaban J connectivity index is 1.73. The molecule has 9 nitrogen and oxygen atoms in total. The Morgan fingerprint density at radius 2 is 1.78 bits per heavy atom. The highest BCUT2D eigenvalue weighted by Crippen LogP contribution is 2.25. The molecule has 0 aliphatic carbocycles. The van der Waals surface area contributed by atoms with Crippen LogP contribution >= 0.6 is 0 Å². The summed E-state index contributed by atoms with van der Waals surface area (Å²) in [5, 5.41) is 0. The van der Waals surface area contributed by atoms with Gasteiger partial charge in [0.15, 0.2) is 0 Å². The zero-order valence-electron chi connectivity index (χ0n) is 21.0. The Bertz CT molecular complexity index is 1150. The molecule has 36 heavy (non-hydrogen) atoms. The SMILES string of the molecule is COC(=O)N(C(=O)OCc1ccccc1)c1cc(-c2ccc(OCC(C)(N)CC(C)C)nc2)ccn1. The van der Waals surface area contributed by atoms with Crippen molar-refractivity contribution in [1.29, 1.82) is 0 Å². The average Bonchev–Trinajstić information content (AvgIpc) is 2.87. The van der Waals surface area contributed by atoms with E-state index in [0.29, 0.717) is 24.0 Å². The van der Waals surface area contributed by atoms with E-state index in [1.807, 2.05) is 43.3 Å². The molecule has 1 atom stereocenters. The van der Waals surface area contributed by atoms with Gasteiger partial charge in [0, 0.05) is 29.6 Å². The summed E-state index contributed by atoms with van der Waals surface area (Å²) in [6.07, 6.45) is 2.15. The van der Waals surface area contributed by atoms with Gasteiger partial charge < -0.3 is 19.9 Å². The number of anilines is 1. The van der Waals surface area contributed by atoms with Crippen LogP contribution in [0.5, 0.6) is 5.88 Å². The van der Waals surface area contributed by atoms with Crippen LogP contribution in [0.4, 0.5) is 15.4 Å². The molecule has 0 saturated heterocycles. The number of hydrogen-bond donors (Lipinski definition) is 1. The Hall–Kier alpha value is -3.98. The molecule has 0 bridgehead atoms. The van der Waals surface area contributed by atoms with Crippen molar-refractivity contribution in [2.75, 3.05) is 18.6 Å². The van der Waals surface area contributed by atoms with Crippen LogP contribution < -0.4 is 15.4 Å². The lowest BCUT2D eigenvalue weighted by molar-refractivity contribution is 0.138. The van der Waals surface area contributed by atoms with Crippen molar-refractivity contribution >= 4 is 18.0 Å². The van der Waals surface area contributed by atoms with Gasteiger partial charge in [0.05, 0.1) is 7.11 Å². The third-order valence-electron chi connectivity index (χ3n) is 5.21. The molecule has 0 aliphatic heterocycles. The molecule has 2 aromatic heterocycles. The van der Waals surface area contributed by atoms with Crippen molar-refractivity contribution in [2.24, 2.45) is 11.7 Å². The maximum absolute atomic E-state index is 12.8. The average molecular weight is 493 g/mol. The molecule has 3 rings (SSSR count). The van der Waals surface area contributed by atoms with E-state index in [4.69, 9.17) is 19.9 Å². The van der Waals surface area contributed by atoms with Gasteiger partial charge in [-0.15, -0.1) is 0 Å². The van der Waals surface area contributed by atoms with Crippen LogP contribution in [-0.4, -0.2) is 41.4 Å². The molecule has 3 aromatic rings. The second-order valence-corrected chi connectivity index (χ2v) is 9.17. The van der Waals surface area contributed by atoms with Crippen LogP contribution in [0.25, 0.3) is 11.1 Å². The van der Waals surface area contributed by atoms with Gasteiger partial charge in [0.2, 0.25) is 5.88 Å². The summed E-state index contributed by atoms with van der Waals surface area (Å²) in [5.74, 6) is 0.972. The van der Waals surface area contributed by atoms with Crippen LogP contribution in [0, 0.1) is 5.92 Å². The van der Waals surface area contributed by atoms with Crippen molar-refractivity contribution in [2.45, 2.75) is 39.3 Å². The molecule has 2 amide bonds. The van der Waals surface area contributed by atoms with Crippen molar-refractivity contribution < 1.29 is 23.8 Å². The lowest BCUT2D eigenvalue weighted by Crippen LogP contribution is -2.43. The standard InChI is InChI=1S/C27H32N4O5/c1-19(2)15-27(3,28)18-36-24-11-10-22(16-30-24)21-12-13-29-23(14-21)31(25(32)34-4)26(33)35-17-20-8-6-5-7-9-20/h5-14,16,19H,15,17-18,28H2,1-4H3. The van der Waals surface area contributed by atoms with Crippen LogP contribution in [0.3, 0.4) is 0 Å². The summed E-state index contributed by atoms with van der Waals surface area (Å²) in [7, 11) is 1.18. The summed E-state index contributed by atoms with van der Waals surface area (Å²) in [5.41, 5.74) is 8.06. The van der Waals surface area contributed by atoms with Crippen LogP contribution in [0.1, 0.15) is 32.8 Å². The number of pyridine rings is 2. The Kier molecular flexibility index (Phi) is 8.97. The lowest BCUT2D eigenvalue weighted by atomic mass is 9.93. The molecule has 2 heterocycles. The van der Waals surface area contributed by atoms with Gasteiger partial charge >= 0.3 is 12.2 Å². The topological polar surface area (TPSA) is 117 Å². The zero-order chi connectivity index (χ0) is 26.1. The summed E-state index contributed by atoms with van der Waals surface area (Å²) in [4.78, 5) is 34.4. The first-order valence-electron chi connectivity index (χ1n) is 11.6. The van der Waals surface area contributed by atoms with Crippen LogP contribution in [-0.2, 0) is 16.1 Å². The van der Waals surface area contributed by atoms with E-state index in [-0.39, 0.29) is 12.4 Å². The number of benzene rings is 1. The van der Waals surface area contributed by atoms with Crippen molar-refractivity contribution in [3.05, 3.63) is 72.6 Å². The fourth-order valence-electron chi connectivity index (χ4n) is 3.72. The van der Waals surface area contributed by atoms with E-state index in [1.54, 1.807) is 24.4 Å². The van der Waals surface area contributed by atoms with Crippen molar-refractivity contribution in [1.82, 2.24) is 9.97 Å². The summed E-state index contributed by atoms with van der Waals surface area (Å²) < 4.78 is 15.9. The number of carbonyl (C=O) groups is 2. The van der Waals surface area contributed by atoms with Gasteiger partial charge in [0.1, 0.15) is 19.0 Å². The molecule has 0 aliphatic rings. The predicted octanol–water partition coefficient (Wildman–Crippen LogP) is 5.20. The molecule has 0 saturated carbocycles. The number of aromatic nitrogens is 2. The molecule has 1 aromatic carbocycles. The van der Waals surface area contributed by atoms with E-state index in [1.165, 1.54) is 13.3 Å². The minimum Gasteiger partial charge on any atom is -0.476 e. The molecule has 9 heteroatoms. The van der Waals surface area contributed by atoms with E-state index in [2.05, 4.69) is 23.8 Å².